The molecule has 0 saturated carbocycles. The zero-order valence-electron chi connectivity index (χ0n) is 21.5. The molecule has 2 amide bonds. The number of nitrogens with zero attached hydrogens (tertiary/aromatic N) is 1. The van der Waals surface area contributed by atoms with Crippen molar-refractivity contribution in [3.8, 4) is 23.0 Å². The molecule has 3 aromatic rings. The second-order valence-electron chi connectivity index (χ2n) is 8.60. The molecule has 4 rings (SSSR count). The van der Waals surface area contributed by atoms with Gasteiger partial charge in [0, 0.05) is 17.7 Å². The van der Waals surface area contributed by atoms with Crippen LogP contribution in [-0.4, -0.2) is 41.2 Å². The Morgan fingerprint density at radius 1 is 0.900 bits per heavy atom. The fraction of sp³-hybridized carbons (Fsp3) is 0.103. The van der Waals surface area contributed by atoms with Crippen molar-refractivity contribution in [3.63, 3.8) is 0 Å². The number of allylic oxidation sites excluding steroid dienone is 2. The van der Waals surface area contributed by atoms with E-state index in [0.29, 0.717) is 16.7 Å². The van der Waals surface area contributed by atoms with Crippen molar-refractivity contribution < 1.29 is 34.2 Å². The van der Waals surface area contributed by atoms with Gasteiger partial charge in [0.1, 0.15) is 0 Å². The van der Waals surface area contributed by atoms with Crippen LogP contribution in [0.4, 0.5) is 10.5 Å². The summed E-state index contributed by atoms with van der Waals surface area (Å²) in [7, 11) is 2.83. The van der Waals surface area contributed by atoms with Crippen LogP contribution in [0.2, 0.25) is 0 Å². The smallest absolute Gasteiger partial charge is 0.320 e. The molecule has 1 atom stereocenters. The van der Waals surface area contributed by atoms with E-state index in [4.69, 9.17) is 9.47 Å². The fourth-order valence-electron chi connectivity index (χ4n) is 4.07. The zero-order chi connectivity index (χ0) is 28.8. The normalized spacial score (nSPS) is 15.2. The molecule has 40 heavy (non-hydrogen) atoms. The molecule has 1 aliphatic heterocycles. The Kier molecular flexibility index (Phi) is 8.14. The summed E-state index contributed by atoms with van der Waals surface area (Å²) >= 11 is 0. The molecule has 0 spiro atoms. The quantitative estimate of drug-likeness (QED) is 0.173. The van der Waals surface area contributed by atoms with Gasteiger partial charge in [-0.25, -0.2) is 4.79 Å². The van der Waals surface area contributed by atoms with Gasteiger partial charge in [-0.3, -0.25) is 14.9 Å². The highest BCUT2D eigenvalue weighted by Gasteiger charge is 2.31. The van der Waals surface area contributed by atoms with E-state index in [1.807, 2.05) is 0 Å². The molecule has 0 radical (unpaired) electrons. The van der Waals surface area contributed by atoms with E-state index >= 15 is 0 Å². The molecule has 0 aliphatic carbocycles. The van der Waals surface area contributed by atoms with Gasteiger partial charge in [0.05, 0.1) is 30.9 Å². The maximum absolute atomic E-state index is 13.6. The number of ether oxygens (including phenoxy) is 2. The lowest BCUT2D eigenvalue weighted by Crippen LogP contribution is -2.45. The number of rotatable bonds is 9. The summed E-state index contributed by atoms with van der Waals surface area (Å²) in [5.41, 5.74) is 1.91. The topological polar surface area (TPSA) is 160 Å². The predicted octanol–water partition coefficient (Wildman–Crippen LogP) is 4.63. The Labute approximate surface area is 228 Å². The Balaban J connectivity index is 1.78. The molecule has 1 aliphatic rings. The molecule has 11 nitrogen and oxygen atoms in total. The first-order chi connectivity index (χ1) is 19.2. The highest BCUT2D eigenvalue weighted by Crippen LogP contribution is 2.32. The average Bonchev–Trinajstić information content (AvgIpc) is 2.95. The molecule has 1 heterocycles. The number of benzene rings is 3. The molecule has 4 N–H and O–H groups in total. The largest absolute Gasteiger partial charge is 0.504 e. The minimum Gasteiger partial charge on any atom is -0.504 e. The number of methoxy groups -OCH3 is 2. The number of phenols is 2. The van der Waals surface area contributed by atoms with Crippen LogP contribution < -0.4 is 20.1 Å². The van der Waals surface area contributed by atoms with E-state index in [9.17, 15) is 29.9 Å². The van der Waals surface area contributed by atoms with E-state index in [0.717, 1.165) is 0 Å². The van der Waals surface area contributed by atoms with Gasteiger partial charge in [-0.2, -0.15) is 0 Å². The second kappa shape index (κ2) is 11.9. The number of amides is 2. The average molecular weight is 544 g/mol. The van der Waals surface area contributed by atoms with Crippen LogP contribution in [0.1, 0.15) is 22.7 Å². The van der Waals surface area contributed by atoms with Crippen LogP contribution >= 0.6 is 0 Å². The third kappa shape index (κ3) is 6.10. The molecule has 11 heteroatoms. The first kappa shape index (κ1) is 27.5. The SMILES string of the molecule is COc1cc(/C=C/C(=O)C2=C(/C=C/c3ccc(O)c(OC)c3)NC(=O)NC2c2ccc([N+](=O)[O-])cc2)ccc1O. The molecule has 0 aromatic heterocycles. The summed E-state index contributed by atoms with van der Waals surface area (Å²) in [4.78, 5) is 36.8. The van der Waals surface area contributed by atoms with Gasteiger partial charge >= 0.3 is 6.03 Å². The highest BCUT2D eigenvalue weighted by atomic mass is 16.6. The lowest BCUT2D eigenvalue weighted by molar-refractivity contribution is -0.384. The predicted molar refractivity (Wildman–Crippen MR) is 147 cm³/mol. The Bertz CT molecular complexity index is 1560. The van der Waals surface area contributed by atoms with E-state index in [2.05, 4.69) is 10.6 Å². The van der Waals surface area contributed by atoms with Crippen molar-refractivity contribution in [1.82, 2.24) is 10.6 Å². The number of nitrogens with one attached hydrogen (secondary N) is 2. The van der Waals surface area contributed by atoms with E-state index in [1.165, 1.54) is 62.8 Å². The maximum atomic E-state index is 13.6. The molecule has 204 valence electrons. The number of urea groups is 1. The fourth-order valence-corrected chi connectivity index (χ4v) is 4.07. The van der Waals surface area contributed by atoms with Crippen LogP contribution in [0.15, 0.2) is 84.1 Å². The van der Waals surface area contributed by atoms with Crippen molar-refractivity contribution in [2.24, 2.45) is 0 Å². The Morgan fingerprint density at radius 2 is 1.48 bits per heavy atom. The monoisotopic (exact) mass is 543 g/mol. The lowest BCUT2D eigenvalue weighted by Gasteiger charge is -2.28. The van der Waals surface area contributed by atoms with Gasteiger partial charge in [0.25, 0.3) is 5.69 Å². The number of carbonyl (C=O) groups is 2. The van der Waals surface area contributed by atoms with Gasteiger partial charge in [0.15, 0.2) is 28.8 Å². The third-order valence-electron chi connectivity index (χ3n) is 6.08. The van der Waals surface area contributed by atoms with Crippen molar-refractivity contribution >= 4 is 29.7 Å². The number of carbonyl (C=O) groups excluding carboxylic acids is 2. The summed E-state index contributed by atoms with van der Waals surface area (Å²) < 4.78 is 10.3. The van der Waals surface area contributed by atoms with Gasteiger partial charge in [-0.05, 0) is 65.2 Å². The van der Waals surface area contributed by atoms with Gasteiger partial charge in [-0.1, -0.05) is 24.3 Å². The van der Waals surface area contributed by atoms with Crippen LogP contribution in [0.3, 0.4) is 0 Å². The molecule has 3 aromatic carbocycles. The van der Waals surface area contributed by atoms with Gasteiger partial charge in [0.2, 0.25) is 0 Å². The summed E-state index contributed by atoms with van der Waals surface area (Å²) in [6.07, 6.45) is 6.04. The van der Waals surface area contributed by atoms with E-state index < -0.39 is 22.8 Å². The molecular weight excluding hydrogens is 518 g/mol. The number of aromatic hydroxyl groups is 2. The number of hydrogen-bond donors (Lipinski definition) is 4. The summed E-state index contributed by atoms with van der Waals surface area (Å²) in [5.74, 6) is -0.0655. The zero-order valence-corrected chi connectivity index (χ0v) is 21.5. The van der Waals surface area contributed by atoms with Crippen LogP contribution in [0, 0.1) is 10.1 Å². The minimum atomic E-state index is -0.921. The highest BCUT2D eigenvalue weighted by molar-refractivity contribution is 6.09. The van der Waals surface area contributed by atoms with Gasteiger partial charge < -0.3 is 30.3 Å². The number of ketones is 1. The van der Waals surface area contributed by atoms with Crippen LogP contribution in [-0.2, 0) is 4.79 Å². The number of nitro benzene ring substituents is 1. The summed E-state index contributed by atoms with van der Waals surface area (Å²) in [6, 6.07) is 13.3. The standard InChI is InChI=1S/C29H25N3O8/c1-39-25-15-17(4-12-22(25)33)3-11-21-27(24(35)14-6-18-5-13-23(34)26(16-18)40-2)28(31-29(36)30-21)19-7-9-20(10-8-19)32(37)38/h3-16,28,33-34H,1-2H3,(H2,30,31,36)/b11-3+,14-6+. The summed E-state index contributed by atoms with van der Waals surface area (Å²) in [5, 5.41) is 36.2. The Hall–Kier alpha value is -5.58. The van der Waals surface area contributed by atoms with Gasteiger partial charge in [-0.15, -0.1) is 0 Å². The van der Waals surface area contributed by atoms with Crippen molar-refractivity contribution in [1.29, 1.82) is 0 Å². The van der Waals surface area contributed by atoms with Crippen molar-refractivity contribution in [2.45, 2.75) is 6.04 Å². The second-order valence-corrected chi connectivity index (χ2v) is 8.60. The third-order valence-corrected chi connectivity index (χ3v) is 6.08. The molecule has 0 fully saturated rings. The number of non-ortho nitro benzene ring substituents is 1. The van der Waals surface area contributed by atoms with Crippen LogP contribution in [0.25, 0.3) is 12.2 Å². The van der Waals surface area contributed by atoms with E-state index in [-0.39, 0.29) is 40.0 Å². The first-order valence-corrected chi connectivity index (χ1v) is 11.9. The number of phenolic OH excluding ortho intramolecular Hbond substituents is 2. The van der Waals surface area contributed by atoms with E-state index in [1.54, 1.807) is 36.4 Å². The minimum absolute atomic E-state index is 0.0425. The summed E-state index contributed by atoms with van der Waals surface area (Å²) in [6.45, 7) is 0. The lowest BCUT2D eigenvalue weighted by atomic mass is 9.91. The molecule has 0 bridgehead atoms. The van der Waals surface area contributed by atoms with Crippen molar-refractivity contribution in [3.05, 3.63) is 111 Å². The Morgan fingerprint density at radius 3 is 2.02 bits per heavy atom. The number of nitro groups is 1. The first-order valence-electron chi connectivity index (χ1n) is 11.9. The molecular formula is C29H25N3O8. The maximum Gasteiger partial charge on any atom is 0.320 e. The van der Waals surface area contributed by atoms with Crippen molar-refractivity contribution in [2.75, 3.05) is 14.2 Å². The van der Waals surface area contributed by atoms with Crippen LogP contribution in [0.5, 0.6) is 23.0 Å². The molecule has 0 saturated heterocycles. The number of hydrogen-bond acceptors (Lipinski definition) is 8. The molecule has 1 unspecified atom stereocenters.